The number of aromatic amines is 1. The second-order valence-electron chi connectivity index (χ2n) is 4.11. The van der Waals surface area contributed by atoms with E-state index in [0.717, 1.165) is 12.3 Å². The van der Waals surface area contributed by atoms with Crippen molar-refractivity contribution in [3.63, 3.8) is 0 Å². The molecule has 2 N–H and O–H groups in total. The SMILES string of the molecule is O=c1[nH]cc(S(=O)(=O)N2CCCC2CO)cc1Cl. The lowest BCUT2D eigenvalue weighted by Crippen LogP contribution is -2.37. The van der Waals surface area contributed by atoms with Crippen molar-refractivity contribution < 1.29 is 13.5 Å². The lowest BCUT2D eigenvalue weighted by molar-refractivity contribution is 0.213. The van der Waals surface area contributed by atoms with Crippen molar-refractivity contribution >= 4 is 21.6 Å². The molecule has 0 bridgehead atoms. The van der Waals surface area contributed by atoms with E-state index in [1.54, 1.807) is 0 Å². The second-order valence-corrected chi connectivity index (χ2v) is 6.40. The average molecular weight is 293 g/mol. The van der Waals surface area contributed by atoms with Crippen molar-refractivity contribution in [2.75, 3.05) is 13.2 Å². The van der Waals surface area contributed by atoms with E-state index in [1.165, 1.54) is 4.31 Å². The molecule has 2 rings (SSSR count). The third-order valence-electron chi connectivity index (χ3n) is 2.97. The van der Waals surface area contributed by atoms with Gasteiger partial charge in [0, 0.05) is 18.8 Å². The smallest absolute Gasteiger partial charge is 0.266 e. The normalized spacial score (nSPS) is 21.3. The number of aliphatic hydroxyl groups is 1. The Hall–Kier alpha value is -0.890. The third-order valence-corrected chi connectivity index (χ3v) is 5.18. The van der Waals surface area contributed by atoms with Crippen LogP contribution in [-0.4, -0.2) is 42.0 Å². The molecule has 0 aromatic carbocycles. The summed E-state index contributed by atoms with van der Waals surface area (Å²) in [4.78, 5) is 13.3. The molecule has 1 atom stereocenters. The van der Waals surface area contributed by atoms with E-state index in [4.69, 9.17) is 16.7 Å². The first-order valence-electron chi connectivity index (χ1n) is 5.47. The van der Waals surface area contributed by atoms with Gasteiger partial charge in [0.1, 0.15) is 5.02 Å². The van der Waals surface area contributed by atoms with E-state index in [0.29, 0.717) is 19.4 Å². The van der Waals surface area contributed by atoms with Crippen molar-refractivity contribution in [2.24, 2.45) is 0 Å². The van der Waals surface area contributed by atoms with Crippen LogP contribution < -0.4 is 5.56 Å². The van der Waals surface area contributed by atoms with Gasteiger partial charge in [-0.3, -0.25) is 4.79 Å². The minimum atomic E-state index is -3.72. The second kappa shape index (κ2) is 5.00. The van der Waals surface area contributed by atoms with Gasteiger partial charge in [0.15, 0.2) is 0 Å². The molecule has 0 radical (unpaired) electrons. The Morgan fingerprint density at radius 1 is 1.56 bits per heavy atom. The van der Waals surface area contributed by atoms with Crippen LogP contribution in [0.3, 0.4) is 0 Å². The van der Waals surface area contributed by atoms with Crippen LogP contribution in [0.5, 0.6) is 0 Å². The number of H-pyrrole nitrogens is 1. The Morgan fingerprint density at radius 3 is 2.89 bits per heavy atom. The van der Waals surface area contributed by atoms with E-state index in [9.17, 15) is 13.2 Å². The summed E-state index contributed by atoms with van der Waals surface area (Å²) in [7, 11) is -3.72. The number of sulfonamides is 1. The zero-order valence-corrected chi connectivity index (χ0v) is 11.0. The Labute approximate surface area is 109 Å². The monoisotopic (exact) mass is 292 g/mol. The molecule has 1 aromatic heterocycles. The summed E-state index contributed by atoms with van der Waals surface area (Å²) in [6, 6.07) is 0.725. The largest absolute Gasteiger partial charge is 0.395 e. The topological polar surface area (TPSA) is 90.5 Å². The molecule has 100 valence electrons. The number of nitrogens with one attached hydrogen (secondary N) is 1. The molecule has 6 nitrogen and oxygen atoms in total. The fraction of sp³-hybridized carbons (Fsp3) is 0.500. The lowest BCUT2D eigenvalue weighted by atomic mass is 10.2. The number of rotatable bonds is 3. The summed E-state index contributed by atoms with van der Waals surface area (Å²) in [6.45, 7) is 0.153. The molecule has 0 spiro atoms. The highest BCUT2D eigenvalue weighted by Gasteiger charge is 2.35. The average Bonchev–Trinajstić information content (AvgIpc) is 2.81. The van der Waals surface area contributed by atoms with E-state index in [-0.39, 0.29) is 16.5 Å². The summed E-state index contributed by atoms with van der Waals surface area (Å²) >= 11 is 5.62. The van der Waals surface area contributed by atoms with E-state index in [1.807, 2.05) is 0 Å². The maximum absolute atomic E-state index is 12.3. The Morgan fingerprint density at radius 2 is 2.28 bits per heavy atom. The summed E-state index contributed by atoms with van der Waals surface area (Å²) in [5.41, 5.74) is -0.532. The summed E-state index contributed by atoms with van der Waals surface area (Å²) in [6.07, 6.45) is 2.46. The van der Waals surface area contributed by atoms with Gasteiger partial charge in [0.05, 0.1) is 11.5 Å². The van der Waals surface area contributed by atoms with Gasteiger partial charge in [-0.2, -0.15) is 4.31 Å². The Balaban J connectivity index is 2.41. The van der Waals surface area contributed by atoms with E-state index >= 15 is 0 Å². The number of pyridine rings is 1. The number of aliphatic hydroxyl groups excluding tert-OH is 1. The number of halogens is 1. The fourth-order valence-corrected chi connectivity index (χ4v) is 3.95. The van der Waals surface area contributed by atoms with Crippen molar-refractivity contribution in [1.82, 2.24) is 9.29 Å². The number of hydrogen-bond acceptors (Lipinski definition) is 4. The van der Waals surface area contributed by atoms with Crippen molar-refractivity contribution in [2.45, 2.75) is 23.8 Å². The molecule has 1 unspecified atom stereocenters. The first kappa shape index (κ1) is 13.5. The Bertz CT molecular complexity index is 598. The molecule has 1 aliphatic rings. The van der Waals surface area contributed by atoms with Gasteiger partial charge >= 0.3 is 0 Å². The first-order valence-corrected chi connectivity index (χ1v) is 7.29. The van der Waals surface area contributed by atoms with Crippen LogP contribution >= 0.6 is 11.6 Å². The highest BCUT2D eigenvalue weighted by atomic mass is 35.5. The first-order chi connectivity index (χ1) is 8.46. The van der Waals surface area contributed by atoms with Crippen LogP contribution in [-0.2, 0) is 10.0 Å². The van der Waals surface area contributed by atoms with Crippen molar-refractivity contribution in [1.29, 1.82) is 0 Å². The van der Waals surface area contributed by atoms with E-state index in [2.05, 4.69) is 4.98 Å². The van der Waals surface area contributed by atoms with E-state index < -0.39 is 21.6 Å². The molecule has 0 amide bonds. The van der Waals surface area contributed by atoms with Crippen molar-refractivity contribution in [3.8, 4) is 0 Å². The van der Waals surface area contributed by atoms with Gasteiger partial charge in [-0.1, -0.05) is 11.6 Å². The summed E-state index contributed by atoms with van der Waals surface area (Å²) in [5, 5.41) is 8.98. The molecule has 1 aromatic rings. The molecule has 1 saturated heterocycles. The van der Waals surface area contributed by atoms with Gasteiger partial charge in [0.2, 0.25) is 10.0 Å². The molecule has 8 heteroatoms. The number of hydrogen-bond donors (Lipinski definition) is 2. The highest BCUT2D eigenvalue weighted by molar-refractivity contribution is 7.89. The Kier molecular flexibility index (Phi) is 3.76. The lowest BCUT2D eigenvalue weighted by Gasteiger charge is -2.22. The third kappa shape index (κ3) is 2.31. The number of aromatic nitrogens is 1. The van der Waals surface area contributed by atoms with Crippen LogP contribution in [0.25, 0.3) is 0 Å². The van der Waals surface area contributed by atoms with Gasteiger partial charge in [-0.25, -0.2) is 8.42 Å². The molecular weight excluding hydrogens is 280 g/mol. The predicted octanol–water partition coefficient (Wildman–Crippen LogP) is 0.174. The molecule has 0 aliphatic carbocycles. The van der Waals surface area contributed by atoms with Crippen LogP contribution in [0.1, 0.15) is 12.8 Å². The molecule has 18 heavy (non-hydrogen) atoms. The maximum atomic E-state index is 12.3. The maximum Gasteiger partial charge on any atom is 0.266 e. The summed E-state index contributed by atoms with van der Waals surface area (Å²) in [5.74, 6) is 0. The van der Waals surface area contributed by atoms with Gasteiger partial charge in [-0.05, 0) is 18.9 Å². The minimum Gasteiger partial charge on any atom is -0.395 e. The molecule has 1 fully saturated rings. The molecule has 1 aliphatic heterocycles. The van der Waals surface area contributed by atoms with Crippen LogP contribution in [0.15, 0.2) is 22.0 Å². The van der Waals surface area contributed by atoms with Crippen LogP contribution in [0.2, 0.25) is 5.02 Å². The fourth-order valence-electron chi connectivity index (χ4n) is 2.03. The minimum absolute atomic E-state index is 0.0625. The predicted molar refractivity (Wildman–Crippen MR) is 66.1 cm³/mol. The summed E-state index contributed by atoms with van der Waals surface area (Å²) < 4.78 is 25.8. The van der Waals surface area contributed by atoms with Crippen molar-refractivity contribution in [3.05, 3.63) is 27.6 Å². The van der Waals surface area contributed by atoms with Gasteiger partial charge < -0.3 is 10.1 Å². The van der Waals surface area contributed by atoms with Gasteiger partial charge in [0.25, 0.3) is 5.56 Å². The van der Waals surface area contributed by atoms with Gasteiger partial charge in [-0.15, -0.1) is 0 Å². The quantitative estimate of drug-likeness (QED) is 0.831. The highest BCUT2D eigenvalue weighted by Crippen LogP contribution is 2.25. The molecular formula is C10H13ClN2O4S. The molecule has 0 saturated carbocycles. The van der Waals surface area contributed by atoms with Crippen LogP contribution in [0.4, 0.5) is 0 Å². The van der Waals surface area contributed by atoms with Crippen LogP contribution in [0, 0.1) is 0 Å². The molecule has 2 heterocycles. The standard InChI is InChI=1S/C10H13ClN2O4S/c11-9-4-8(5-12-10(9)15)18(16,17)13-3-1-2-7(13)6-14/h4-5,7,14H,1-3,6H2,(H,12,15). The number of nitrogens with zero attached hydrogens (tertiary/aromatic N) is 1. The zero-order valence-electron chi connectivity index (χ0n) is 9.47. The zero-order chi connectivity index (χ0) is 13.3.